The molecule has 0 amide bonds. The van der Waals surface area contributed by atoms with E-state index in [4.69, 9.17) is 10.9 Å². The number of nitrogens with one attached hydrogen (secondary N) is 1. The van der Waals surface area contributed by atoms with Crippen molar-refractivity contribution < 1.29 is 8.42 Å². The predicted molar refractivity (Wildman–Crippen MR) is 82.3 cm³/mol. The van der Waals surface area contributed by atoms with Gasteiger partial charge in [0.25, 0.3) is 0 Å². The smallest absolute Gasteiger partial charge is 0.238 e. The van der Waals surface area contributed by atoms with Gasteiger partial charge in [0.1, 0.15) is 0 Å². The molecule has 2 unspecified atom stereocenters. The molecule has 110 valence electrons. The minimum Gasteiger partial charge on any atom is -0.377 e. The summed E-state index contributed by atoms with van der Waals surface area (Å²) in [6, 6.07) is 14.6. The van der Waals surface area contributed by atoms with Crippen molar-refractivity contribution in [1.82, 2.24) is 0 Å². The SMILES string of the molecule is NC1Cc2ccccc2C1Nc1ccc(S(N)(=O)=O)cc1. The number of hydrogen-bond donors (Lipinski definition) is 3. The van der Waals surface area contributed by atoms with Gasteiger partial charge in [-0.05, 0) is 41.8 Å². The molecule has 2 aromatic carbocycles. The van der Waals surface area contributed by atoms with Gasteiger partial charge in [-0.3, -0.25) is 0 Å². The van der Waals surface area contributed by atoms with E-state index in [-0.39, 0.29) is 17.0 Å². The molecule has 0 bridgehead atoms. The van der Waals surface area contributed by atoms with E-state index in [9.17, 15) is 8.42 Å². The molecule has 21 heavy (non-hydrogen) atoms. The third-order valence-electron chi connectivity index (χ3n) is 3.78. The van der Waals surface area contributed by atoms with Crippen molar-refractivity contribution in [3.8, 4) is 0 Å². The van der Waals surface area contributed by atoms with Crippen molar-refractivity contribution in [2.75, 3.05) is 5.32 Å². The van der Waals surface area contributed by atoms with Gasteiger partial charge >= 0.3 is 0 Å². The predicted octanol–water partition coefficient (Wildman–Crippen LogP) is 1.37. The molecular formula is C15H17N3O2S. The zero-order chi connectivity index (χ0) is 15.0. The first-order valence-electron chi connectivity index (χ1n) is 6.68. The molecular weight excluding hydrogens is 286 g/mol. The van der Waals surface area contributed by atoms with Crippen molar-refractivity contribution in [2.24, 2.45) is 10.9 Å². The molecule has 2 aromatic rings. The lowest BCUT2D eigenvalue weighted by molar-refractivity contribution is 0.597. The molecule has 0 aromatic heterocycles. The third-order valence-corrected chi connectivity index (χ3v) is 4.71. The molecule has 1 aliphatic carbocycles. The minimum atomic E-state index is -3.66. The Bertz CT molecular complexity index is 757. The molecule has 5 N–H and O–H groups in total. The summed E-state index contributed by atoms with van der Waals surface area (Å²) < 4.78 is 22.5. The number of primary sulfonamides is 1. The normalized spacial score (nSPS) is 21.0. The summed E-state index contributed by atoms with van der Waals surface area (Å²) in [5.41, 5.74) is 9.47. The quantitative estimate of drug-likeness (QED) is 0.797. The van der Waals surface area contributed by atoms with Gasteiger partial charge in [-0.15, -0.1) is 0 Å². The molecule has 5 nitrogen and oxygen atoms in total. The lowest BCUT2D eigenvalue weighted by Gasteiger charge is -2.20. The van der Waals surface area contributed by atoms with E-state index in [2.05, 4.69) is 17.4 Å². The van der Waals surface area contributed by atoms with Crippen LogP contribution >= 0.6 is 0 Å². The Morgan fingerprint density at radius 1 is 1.05 bits per heavy atom. The summed E-state index contributed by atoms with van der Waals surface area (Å²) in [4.78, 5) is 0.101. The molecule has 2 atom stereocenters. The molecule has 3 rings (SSSR count). The average Bonchev–Trinajstić information content (AvgIpc) is 2.75. The topological polar surface area (TPSA) is 98.2 Å². The van der Waals surface area contributed by atoms with Gasteiger partial charge in [-0.1, -0.05) is 24.3 Å². The van der Waals surface area contributed by atoms with E-state index in [0.717, 1.165) is 12.1 Å². The highest BCUT2D eigenvalue weighted by Crippen LogP contribution is 2.33. The van der Waals surface area contributed by atoms with Gasteiger partial charge < -0.3 is 11.1 Å². The number of hydrogen-bond acceptors (Lipinski definition) is 4. The van der Waals surface area contributed by atoms with Crippen LogP contribution in [0.5, 0.6) is 0 Å². The summed E-state index contributed by atoms with van der Waals surface area (Å²) in [5.74, 6) is 0. The number of fused-ring (bicyclic) bond motifs is 1. The van der Waals surface area contributed by atoms with Gasteiger partial charge in [-0.25, -0.2) is 13.6 Å². The Hall–Kier alpha value is -1.89. The van der Waals surface area contributed by atoms with Gasteiger partial charge in [-0.2, -0.15) is 0 Å². The highest BCUT2D eigenvalue weighted by atomic mass is 32.2. The van der Waals surface area contributed by atoms with Gasteiger partial charge in [0, 0.05) is 11.7 Å². The molecule has 0 heterocycles. The number of anilines is 1. The Kier molecular flexibility index (Phi) is 3.44. The number of sulfonamides is 1. The maximum absolute atomic E-state index is 11.2. The van der Waals surface area contributed by atoms with Crippen LogP contribution < -0.4 is 16.2 Å². The molecule has 6 heteroatoms. The third kappa shape index (κ3) is 2.78. The first-order valence-corrected chi connectivity index (χ1v) is 8.22. The monoisotopic (exact) mass is 303 g/mol. The summed E-state index contributed by atoms with van der Waals surface area (Å²) in [6.45, 7) is 0. The molecule has 0 saturated heterocycles. The summed E-state index contributed by atoms with van der Waals surface area (Å²) in [5, 5.41) is 8.45. The maximum atomic E-state index is 11.2. The second-order valence-corrected chi connectivity index (χ2v) is 6.82. The van der Waals surface area contributed by atoms with Crippen LogP contribution in [-0.4, -0.2) is 14.5 Å². The summed E-state index contributed by atoms with van der Waals surface area (Å²) >= 11 is 0. The van der Waals surface area contributed by atoms with Crippen molar-refractivity contribution in [3.05, 3.63) is 59.7 Å². The molecule has 1 aliphatic rings. The highest BCUT2D eigenvalue weighted by molar-refractivity contribution is 7.89. The average molecular weight is 303 g/mol. The van der Waals surface area contributed by atoms with Crippen molar-refractivity contribution in [1.29, 1.82) is 0 Å². The Labute approximate surface area is 124 Å². The van der Waals surface area contributed by atoms with Crippen molar-refractivity contribution >= 4 is 15.7 Å². The molecule has 0 saturated carbocycles. The fourth-order valence-corrected chi connectivity index (χ4v) is 3.25. The number of benzene rings is 2. The van der Waals surface area contributed by atoms with Gasteiger partial charge in [0.2, 0.25) is 10.0 Å². The number of nitrogens with two attached hydrogens (primary N) is 2. The van der Waals surface area contributed by atoms with E-state index in [1.54, 1.807) is 12.1 Å². The standard InChI is InChI=1S/C15H17N3O2S/c16-14-9-10-3-1-2-4-13(10)15(14)18-11-5-7-12(8-6-11)21(17,19)20/h1-8,14-15,18H,9,16H2,(H2,17,19,20). The van der Waals surface area contributed by atoms with Crippen LogP contribution in [0, 0.1) is 0 Å². The second kappa shape index (κ2) is 5.14. The summed E-state index contributed by atoms with van der Waals surface area (Å²) in [6.07, 6.45) is 0.836. The van der Waals surface area contributed by atoms with E-state index in [1.807, 2.05) is 12.1 Å². The highest BCUT2D eigenvalue weighted by Gasteiger charge is 2.29. The Morgan fingerprint density at radius 3 is 2.38 bits per heavy atom. The zero-order valence-electron chi connectivity index (χ0n) is 11.4. The van der Waals surface area contributed by atoms with Crippen LogP contribution in [-0.2, 0) is 16.4 Å². The van der Waals surface area contributed by atoms with Crippen LogP contribution in [0.1, 0.15) is 17.2 Å². The first-order chi connectivity index (χ1) is 9.95. The maximum Gasteiger partial charge on any atom is 0.238 e. The fraction of sp³-hybridized carbons (Fsp3) is 0.200. The van der Waals surface area contributed by atoms with Gasteiger partial charge in [0.15, 0.2) is 0 Å². The lowest BCUT2D eigenvalue weighted by Crippen LogP contribution is -2.29. The largest absolute Gasteiger partial charge is 0.377 e. The van der Waals surface area contributed by atoms with E-state index in [1.165, 1.54) is 23.3 Å². The van der Waals surface area contributed by atoms with Gasteiger partial charge in [0.05, 0.1) is 10.9 Å². The minimum absolute atomic E-state index is 0.000294. The van der Waals surface area contributed by atoms with E-state index < -0.39 is 10.0 Å². The Morgan fingerprint density at radius 2 is 1.71 bits per heavy atom. The number of rotatable bonds is 3. The summed E-state index contributed by atoms with van der Waals surface area (Å²) in [7, 11) is -3.66. The Balaban J connectivity index is 1.84. The van der Waals surface area contributed by atoms with Crippen LogP contribution in [0.25, 0.3) is 0 Å². The first kappa shape index (κ1) is 14.1. The molecule has 0 fully saturated rings. The van der Waals surface area contributed by atoms with Crippen LogP contribution in [0.2, 0.25) is 0 Å². The fourth-order valence-electron chi connectivity index (χ4n) is 2.73. The molecule has 0 aliphatic heterocycles. The van der Waals surface area contributed by atoms with E-state index in [0.29, 0.717) is 0 Å². The van der Waals surface area contributed by atoms with Crippen molar-refractivity contribution in [3.63, 3.8) is 0 Å². The van der Waals surface area contributed by atoms with Crippen LogP contribution in [0.3, 0.4) is 0 Å². The van der Waals surface area contributed by atoms with Crippen molar-refractivity contribution in [2.45, 2.75) is 23.4 Å². The zero-order valence-corrected chi connectivity index (χ0v) is 12.2. The lowest BCUT2D eigenvalue weighted by atomic mass is 10.1. The van der Waals surface area contributed by atoms with E-state index >= 15 is 0 Å². The van der Waals surface area contributed by atoms with Crippen LogP contribution in [0.15, 0.2) is 53.4 Å². The molecule has 0 spiro atoms. The second-order valence-electron chi connectivity index (χ2n) is 5.26. The van der Waals surface area contributed by atoms with Crippen LogP contribution in [0.4, 0.5) is 5.69 Å². The molecule has 0 radical (unpaired) electrons.